The largest absolute Gasteiger partial charge is 0.373 e. The Bertz CT molecular complexity index is 753. The molecule has 2 amide bonds. The third kappa shape index (κ3) is 3.87. The number of aryl methyl sites for hydroxylation is 1. The van der Waals surface area contributed by atoms with Crippen LogP contribution in [0.25, 0.3) is 0 Å². The minimum atomic E-state index is -0.0451. The second-order valence-electron chi connectivity index (χ2n) is 6.73. The Hall–Kier alpha value is -2.03. The lowest BCUT2D eigenvalue weighted by atomic mass is 10.1. The average Bonchev–Trinajstić information content (AvgIpc) is 3.27. The van der Waals surface area contributed by atoms with Crippen LogP contribution < -0.4 is 5.32 Å². The van der Waals surface area contributed by atoms with Gasteiger partial charge in [-0.2, -0.15) is 0 Å². The Morgan fingerprint density at radius 1 is 1.46 bits per heavy atom. The third-order valence-electron chi connectivity index (χ3n) is 4.90. The Balaban J connectivity index is 1.35. The van der Waals surface area contributed by atoms with Crippen molar-refractivity contribution in [1.29, 1.82) is 0 Å². The number of hydrogen-bond acceptors (Lipinski definition) is 6. The number of rotatable bonds is 4. The SMILES string of the molecule is Cc1nc(CN2CCO[C@@H]3CN(C(=O)NCc4cccnc4)C[C@@H]32)cs1. The zero-order valence-electron chi connectivity index (χ0n) is 14.8. The number of nitrogens with one attached hydrogen (secondary N) is 1. The van der Waals surface area contributed by atoms with Gasteiger partial charge in [0.15, 0.2) is 0 Å². The highest BCUT2D eigenvalue weighted by molar-refractivity contribution is 7.09. The van der Waals surface area contributed by atoms with Crippen molar-refractivity contribution < 1.29 is 9.53 Å². The maximum absolute atomic E-state index is 12.5. The topological polar surface area (TPSA) is 70.6 Å². The van der Waals surface area contributed by atoms with Crippen LogP contribution in [0.5, 0.6) is 0 Å². The van der Waals surface area contributed by atoms with Crippen LogP contribution in [0, 0.1) is 6.92 Å². The van der Waals surface area contributed by atoms with Gasteiger partial charge in [-0.25, -0.2) is 9.78 Å². The lowest BCUT2D eigenvalue weighted by Crippen LogP contribution is -2.50. The molecule has 0 unspecified atom stereocenters. The summed E-state index contributed by atoms with van der Waals surface area (Å²) >= 11 is 1.68. The highest BCUT2D eigenvalue weighted by atomic mass is 32.1. The standard InChI is InChI=1S/C18H23N5O2S/c1-13-21-15(12-26-13)9-22-5-6-25-17-11-23(10-16(17)22)18(24)20-8-14-3-2-4-19-7-14/h2-4,7,12,16-17H,5-6,8-11H2,1H3,(H,20,24)/t16-,17+/m0/s1. The van der Waals surface area contributed by atoms with Gasteiger partial charge < -0.3 is 15.0 Å². The Kier molecular flexibility index (Phi) is 5.14. The van der Waals surface area contributed by atoms with Crippen molar-refractivity contribution in [1.82, 2.24) is 25.1 Å². The van der Waals surface area contributed by atoms with Gasteiger partial charge in [0, 0.05) is 44.0 Å². The van der Waals surface area contributed by atoms with Crippen LogP contribution in [0.1, 0.15) is 16.3 Å². The number of amides is 2. The molecule has 2 saturated heterocycles. The van der Waals surface area contributed by atoms with E-state index in [-0.39, 0.29) is 18.2 Å². The molecule has 26 heavy (non-hydrogen) atoms. The summed E-state index contributed by atoms with van der Waals surface area (Å²) in [4.78, 5) is 25.4. The van der Waals surface area contributed by atoms with Crippen LogP contribution in [-0.4, -0.2) is 64.2 Å². The summed E-state index contributed by atoms with van der Waals surface area (Å²) in [6, 6.07) is 4.02. The van der Waals surface area contributed by atoms with E-state index >= 15 is 0 Å². The van der Waals surface area contributed by atoms with Crippen molar-refractivity contribution in [3.8, 4) is 0 Å². The van der Waals surface area contributed by atoms with Gasteiger partial charge in [0.05, 0.1) is 36.0 Å². The van der Waals surface area contributed by atoms with E-state index in [9.17, 15) is 4.79 Å². The molecule has 0 bridgehead atoms. The molecule has 2 aliphatic heterocycles. The van der Waals surface area contributed by atoms with Gasteiger partial charge in [-0.3, -0.25) is 9.88 Å². The Morgan fingerprint density at radius 3 is 3.15 bits per heavy atom. The molecule has 0 saturated carbocycles. The quantitative estimate of drug-likeness (QED) is 0.882. The van der Waals surface area contributed by atoms with Crippen LogP contribution >= 0.6 is 11.3 Å². The van der Waals surface area contributed by atoms with Gasteiger partial charge in [0.1, 0.15) is 0 Å². The fourth-order valence-corrected chi connectivity index (χ4v) is 4.21. The summed E-state index contributed by atoms with van der Waals surface area (Å²) in [5.41, 5.74) is 2.10. The molecule has 4 rings (SSSR count). The van der Waals surface area contributed by atoms with Gasteiger partial charge in [-0.05, 0) is 18.6 Å². The van der Waals surface area contributed by atoms with Crippen LogP contribution in [0.3, 0.4) is 0 Å². The Morgan fingerprint density at radius 2 is 2.38 bits per heavy atom. The molecule has 2 fully saturated rings. The first-order chi connectivity index (χ1) is 12.7. The van der Waals surface area contributed by atoms with Crippen LogP contribution in [0.2, 0.25) is 0 Å². The molecule has 2 aromatic heterocycles. The van der Waals surface area contributed by atoms with Gasteiger partial charge >= 0.3 is 6.03 Å². The first-order valence-corrected chi connectivity index (χ1v) is 9.75. The van der Waals surface area contributed by atoms with Gasteiger partial charge in [-0.1, -0.05) is 6.07 Å². The van der Waals surface area contributed by atoms with Crippen molar-refractivity contribution in [3.05, 3.63) is 46.2 Å². The summed E-state index contributed by atoms with van der Waals surface area (Å²) < 4.78 is 5.93. The molecule has 7 nitrogen and oxygen atoms in total. The molecule has 2 aliphatic rings. The fraction of sp³-hybridized carbons (Fsp3) is 0.500. The number of ether oxygens (including phenoxy) is 1. The third-order valence-corrected chi connectivity index (χ3v) is 5.72. The number of hydrogen-bond donors (Lipinski definition) is 1. The van der Waals surface area contributed by atoms with Crippen LogP contribution in [-0.2, 0) is 17.8 Å². The number of carbonyl (C=O) groups excluding carboxylic acids is 1. The summed E-state index contributed by atoms with van der Waals surface area (Å²) in [6.07, 6.45) is 3.57. The zero-order chi connectivity index (χ0) is 17.9. The minimum Gasteiger partial charge on any atom is -0.373 e. The average molecular weight is 373 g/mol. The van der Waals surface area contributed by atoms with E-state index in [4.69, 9.17) is 4.74 Å². The number of pyridine rings is 1. The van der Waals surface area contributed by atoms with Crippen LogP contribution in [0.4, 0.5) is 4.79 Å². The number of likely N-dealkylation sites (tertiary alicyclic amines) is 1. The predicted molar refractivity (Wildman–Crippen MR) is 98.8 cm³/mol. The number of thiazole rings is 1. The highest BCUT2D eigenvalue weighted by Crippen LogP contribution is 2.25. The Labute approximate surface area is 157 Å². The van der Waals surface area contributed by atoms with E-state index < -0.39 is 0 Å². The lowest BCUT2D eigenvalue weighted by molar-refractivity contribution is -0.0506. The number of fused-ring (bicyclic) bond motifs is 1. The number of urea groups is 1. The highest BCUT2D eigenvalue weighted by Gasteiger charge is 2.41. The molecule has 2 atom stereocenters. The van der Waals surface area contributed by atoms with E-state index in [1.807, 2.05) is 24.0 Å². The predicted octanol–water partition coefficient (Wildman–Crippen LogP) is 1.64. The summed E-state index contributed by atoms with van der Waals surface area (Å²) in [7, 11) is 0. The van der Waals surface area contributed by atoms with Crippen molar-refractivity contribution >= 4 is 17.4 Å². The van der Waals surface area contributed by atoms with Gasteiger partial charge in [0.2, 0.25) is 0 Å². The molecule has 2 aromatic rings. The van der Waals surface area contributed by atoms with E-state index in [2.05, 4.69) is 25.6 Å². The maximum atomic E-state index is 12.5. The van der Waals surface area contributed by atoms with Crippen LogP contribution in [0.15, 0.2) is 29.9 Å². The van der Waals surface area contributed by atoms with Crippen molar-refractivity contribution in [3.63, 3.8) is 0 Å². The van der Waals surface area contributed by atoms with E-state index in [0.29, 0.717) is 26.2 Å². The molecule has 4 heterocycles. The van der Waals surface area contributed by atoms with E-state index in [1.165, 1.54) is 0 Å². The number of morpholine rings is 1. The molecule has 0 radical (unpaired) electrons. The number of aromatic nitrogens is 2. The zero-order valence-corrected chi connectivity index (χ0v) is 15.6. The van der Waals surface area contributed by atoms with Crippen molar-refractivity contribution in [2.24, 2.45) is 0 Å². The normalized spacial score (nSPS) is 23.0. The summed E-state index contributed by atoms with van der Waals surface area (Å²) in [6.45, 7) is 6.24. The van der Waals surface area contributed by atoms with E-state index in [0.717, 1.165) is 29.4 Å². The number of nitrogens with zero attached hydrogens (tertiary/aromatic N) is 4. The molecular weight excluding hydrogens is 350 g/mol. The first-order valence-electron chi connectivity index (χ1n) is 8.87. The number of carbonyl (C=O) groups is 1. The molecule has 138 valence electrons. The maximum Gasteiger partial charge on any atom is 0.317 e. The first kappa shape index (κ1) is 17.4. The molecule has 0 aliphatic carbocycles. The lowest BCUT2D eigenvalue weighted by Gasteiger charge is -2.36. The molecule has 1 N–H and O–H groups in total. The smallest absolute Gasteiger partial charge is 0.317 e. The summed E-state index contributed by atoms with van der Waals surface area (Å²) in [5.74, 6) is 0. The van der Waals surface area contributed by atoms with Crippen molar-refractivity contribution in [2.75, 3.05) is 26.2 Å². The second-order valence-corrected chi connectivity index (χ2v) is 7.79. The van der Waals surface area contributed by atoms with Gasteiger partial charge in [0.25, 0.3) is 0 Å². The molecule has 0 spiro atoms. The molecule has 0 aromatic carbocycles. The van der Waals surface area contributed by atoms with Gasteiger partial charge in [-0.15, -0.1) is 11.3 Å². The minimum absolute atomic E-state index is 0.0451. The monoisotopic (exact) mass is 373 g/mol. The molecule has 8 heteroatoms. The summed E-state index contributed by atoms with van der Waals surface area (Å²) in [5, 5.41) is 6.19. The van der Waals surface area contributed by atoms with E-state index in [1.54, 1.807) is 23.7 Å². The second kappa shape index (κ2) is 7.69. The molecular formula is C18H23N5O2S. The fourth-order valence-electron chi connectivity index (χ4n) is 3.60. The van der Waals surface area contributed by atoms with Crippen molar-refractivity contribution in [2.45, 2.75) is 32.2 Å².